The number of rotatable bonds is 5. The van der Waals surface area contributed by atoms with Crippen LogP contribution in [-0.4, -0.2) is 4.57 Å². The van der Waals surface area contributed by atoms with Crippen molar-refractivity contribution < 1.29 is 0 Å². The van der Waals surface area contributed by atoms with Crippen LogP contribution in [0.25, 0.3) is 22.7 Å². The van der Waals surface area contributed by atoms with Crippen LogP contribution < -0.4 is 0 Å². The van der Waals surface area contributed by atoms with E-state index in [9.17, 15) is 0 Å². The van der Waals surface area contributed by atoms with Gasteiger partial charge < -0.3 is 4.57 Å². The van der Waals surface area contributed by atoms with Crippen molar-refractivity contribution in [3.8, 4) is 5.69 Å². The molecule has 0 amide bonds. The number of aromatic nitrogens is 1. The second-order valence-electron chi connectivity index (χ2n) is 7.62. The van der Waals surface area contributed by atoms with Gasteiger partial charge in [0.05, 0.1) is 5.52 Å². The molecule has 0 saturated heterocycles. The summed E-state index contributed by atoms with van der Waals surface area (Å²) in [5, 5.41) is 1.34. The van der Waals surface area contributed by atoms with E-state index in [0.29, 0.717) is 11.8 Å². The van der Waals surface area contributed by atoms with Gasteiger partial charge in [-0.2, -0.15) is 0 Å². The van der Waals surface area contributed by atoms with Crippen LogP contribution in [0.2, 0.25) is 0 Å². The third-order valence-electron chi connectivity index (χ3n) is 5.48. The number of benzene rings is 2. The van der Waals surface area contributed by atoms with E-state index >= 15 is 0 Å². The average Bonchev–Trinajstić information content (AvgIpc) is 2.96. The minimum absolute atomic E-state index is 0.443. The number of fused-ring (bicyclic) bond motifs is 1. The first-order valence-electron chi connectivity index (χ1n) is 9.87. The second kappa shape index (κ2) is 7.53. The number of aryl methyl sites for hydroxylation is 1. The molecule has 3 rings (SSSR count). The highest BCUT2D eigenvalue weighted by molar-refractivity contribution is 5.93. The van der Waals surface area contributed by atoms with Crippen molar-refractivity contribution in [2.45, 2.75) is 59.8 Å². The van der Waals surface area contributed by atoms with Gasteiger partial charge in [0.15, 0.2) is 0 Å². The van der Waals surface area contributed by atoms with Gasteiger partial charge in [-0.15, -0.1) is 0 Å². The summed E-state index contributed by atoms with van der Waals surface area (Å²) < 4.78 is 2.52. The van der Waals surface area contributed by atoms with Crippen LogP contribution in [0.5, 0.6) is 0 Å². The molecule has 1 heteroatoms. The van der Waals surface area contributed by atoms with Crippen LogP contribution >= 0.6 is 0 Å². The van der Waals surface area contributed by atoms with E-state index in [0.717, 1.165) is 6.42 Å². The van der Waals surface area contributed by atoms with Crippen molar-refractivity contribution in [2.24, 2.45) is 0 Å². The van der Waals surface area contributed by atoms with Crippen molar-refractivity contribution in [3.63, 3.8) is 0 Å². The standard InChI is InChI=1S/C25H31N/c1-7-12-21-20-14-9-10-15-22(20)26(25(21)17(3)4)23-16-11-13-19(6)24(23)18(5)8-2/h7,9-18H,8H2,1-6H3/b12-7-. The quantitative estimate of drug-likeness (QED) is 0.448. The van der Waals surface area contributed by atoms with Crippen LogP contribution in [0.3, 0.4) is 0 Å². The zero-order valence-corrected chi connectivity index (χ0v) is 17.0. The van der Waals surface area contributed by atoms with Crippen LogP contribution in [0.1, 0.15) is 75.3 Å². The van der Waals surface area contributed by atoms with Crippen LogP contribution in [0.4, 0.5) is 0 Å². The predicted molar refractivity (Wildman–Crippen MR) is 116 cm³/mol. The lowest BCUT2D eigenvalue weighted by molar-refractivity contribution is 0.714. The van der Waals surface area contributed by atoms with Crippen molar-refractivity contribution in [3.05, 3.63) is 70.9 Å². The normalized spacial score (nSPS) is 13.2. The van der Waals surface area contributed by atoms with E-state index in [1.807, 2.05) is 0 Å². The van der Waals surface area contributed by atoms with Gasteiger partial charge in [0, 0.05) is 22.3 Å². The second-order valence-corrected chi connectivity index (χ2v) is 7.62. The summed E-state index contributed by atoms with van der Waals surface area (Å²) in [4.78, 5) is 0. The molecule has 26 heavy (non-hydrogen) atoms. The van der Waals surface area contributed by atoms with E-state index in [-0.39, 0.29) is 0 Å². The number of nitrogens with zero attached hydrogens (tertiary/aromatic N) is 1. The van der Waals surface area contributed by atoms with Crippen molar-refractivity contribution in [1.82, 2.24) is 4.57 Å². The highest BCUT2D eigenvalue weighted by Gasteiger charge is 2.22. The Morgan fingerprint density at radius 3 is 2.38 bits per heavy atom. The summed E-state index contributed by atoms with van der Waals surface area (Å²) in [7, 11) is 0. The van der Waals surface area contributed by atoms with E-state index < -0.39 is 0 Å². The summed E-state index contributed by atoms with van der Waals surface area (Å²) in [6, 6.07) is 15.6. The summed E-state index contributed by atoms with van der Waals surface area (Å²) in [5.41, 5.74) is 8.27. The van der Waals surface area contributed by atoms with E-state index in [2.05, 4.69) is 101 Å². The molecule has 0 bridgehead atoms. The first-order chi connectivity index (χ1) is 12.5. The largest absolute Gasteiger partial charge is 0.312 e. The lowest BCUT2D eigenvalue weighted by atomic mass is 9.92. The smallest absolute Gasteiger partial charge is 0.0537 e. The lowest BCUT2D eigenvalue weighted by Crippen LogP contribution is -2.09. The molecule has 0 saturated carbocycles. The Kier molecular flexibility index (Phi) is 5.36. The number of hydrogen-bond donors (Lipinski definition) is 0. The molecule has 1 nitrogen and oxygen atoms in total. The Morgan fingerprint density at radius 2 is 1.73 bits per heavy atom. The fraction of sp³-hybridized carbons (Fsp3) is 0.360. The summed E-state index contributed by atoms with van der Waals surface area (Å²) in [6.07, 6.45) is 5.58. The molecule has 2 aromatic carbocycles. The Hall–Kier alpha value is -2.28. The minimum atomic E-state index is 0.443. The van der Waals surface area contributed by atoms with Gasteiger partial charge in [0.1, 0.15) is 0 Å². The molecule has 0 fully saturated rings. The molecule has 1 unspecified atom stereocenters. The van der Waals surface area contributed by atoms with Crippen LogP contribution in [0.15, 0.2) is 48.5 Å². The van der Waals surface area contributed by atoms with Crippen LogP contribution in [0, 0.1) is 6.92 Å². The molecule has 0 radical (unpaired) electrons. The molecular formula is C25H31N. The molecule has 0 aliphatic heterocycles. The maximum Gasteiger partial charge on any atom is 0.0537 e. The molecule has 0 aliphatic rings. The fourth-order valence-corrected chi connectivity index (χ4v) is 4.16. The lowest BCUT2D eigenvalue weighted by Gasteiger charge is -2.22. The van der Waals surface area contributed by atoms with Gasteiger partial charge in [-0.05, 0) is 55.4 Å². The first-order valence-corrected chi connectivity index (χ1v) is 9.87. The van der Waals surface area contributed by atoms with Gasteiger partial charge in [-0.3, -0.25) is 0 Å². The molecule has 136 valence electrons. The van der Waals surface area contributed by atoms with Gasteiger partial charge in [0.2, 0.25) is 0 Å². The number of hydrogen-bond acceptors (Lipinski definition) is 0. The maximum absolute atomic E-state index is 2.52. The van der Waals surface area contributed by atoms with Crippen molar-refractivity contribution in [2.75, 3.05) is 0 Å². The monoisotopic (exact) mass is 345 g/mol. The molecule has 0 aliphatic carbocycles. The van der Waals surface area contributed by atoms with E-state index in [1.165, 1.54) is 39.0 Å². The Bertz CT molecular complexity index is 940. The van der Waals surface area contributed by atoms with Crippen molar-refractivity contribution in [1.29, 1.82) is 0 Å². The molecule has 1 heterocycles. The third kappa shape index (κ3) is 3.00. The van der Waals surface area contributed by atoms with Gasteiger partial charge >= 0.3 is 0 Å². The molecule has 1 atom stereocenters. The minimum Gasteiger partial charge on any atom is -0.312 e. The average molecular weight is 346 g/mol. The van der Waals surface area contributed by atoms with Crippen LogP contribution in [-0.2, 0) is 0 Å². The van der Waals surface area contributed by atoms with Gasteiger partial charge in [0.25, 0.3) is 0 Å². The molecule has 1 aromatic heterocycles. The highest BCUT2D eigenvalue weighted by Crippen LogP contribution is 2.38. The zero-order chi connectivity index (χ0) is 18.8. The number of para-hydroxylation sites is 1. The first kappa shape index (κ1) is 18.5. The van der Waals surface area contributed by atoms with Gasteiger partial charge in [-0.25, -0.2) is 0 Å². The Morgan fingerprint density at radius 1 is 1.00 bits per heavy atom. The number of allylic oxidation sites excluding steroid dienone is 1. The zero-order valence-electron chi connectivity index (χ0n) is 17.0. The molecule has 3 aromatic rings. The van der Waals surface area contributed by atoms with E-state index in [4.69, 9.17) is 0 Å². The molecule has 0 N–H and O–H groups in total. The third-order valence-corrected chi connectivity index (χ3v) is 5.48. The Labute approximate surface area is 158 Å². The summed E-state index contributed by atoms with van der Waals surface area (Å²) >= 11 is 0. The summed E-state index contributed by atoms with van der Waals surface area (Å²) in [6.45, 7) is 13.6. The topological polar surface area (TPSA) is 4.93 Å². The summed E-state index contributed by atoms with van der Waals surface area (Å²) in [5.74, 6) is 0.983. The molecular weight excluding hydrogens is 314 g/mol. The van der Waals surface area contributed by atoms with E-state index in [1.54, 1.807) is 0 Å². The highest BCUT2D eigenvalue weighted by atomic mass is 15.0. The SMILES string of the molecule is C/C=C\c1c(C(C)C)n(-c2cccc(C)c2C(C)CC)c2ccccc12. The van der Waals surface area contributed by atoms with Crippen molar-refractivity contribution >= 4 is 17.0 Å². The Balaban J connectivity index is 2.47. The predicted octanol–water partition coefficient (Wildman–Crippen LogP) is 7.61. The fourth-order valence-electron chi connectivity index (χ4n) is 4.16. The van der Waals surface area contributed by atoms with Gasteiger partial charge in [-0.1, -0.05) is 70.2 Å². The molecule has 0 spiro atoms. The maximum atomic E-state index is 2.52.